The van der Waals surface area contributed by atoms with Gasteiger partial charge in [0.05, 0.1) is 31.3 Å². The lowest BCUT2D eigenvalue weighted by molar-refractivity contribution is 0.668. The molecule has 0 aliphatic carbocycles. The highest BCUT2D eigenvalue weighted by Gasteiger charge is 2.25. The standard InChI is InChI=1S/C58H38N2O.C36H26N2.C22H13IO/c1-4-15-39(16-5-1)40-27-32-46(33-28-40)59(55-26-14-24-50-56-48-22-11-10-19-44(48)38-51(58(56)61-57(50)55)42-17-6-2-7-18-42)47-34-29-41(30-35-47)43-31-36-54-52(37-43)49-23-12-13-25-53(49)60(54)45-20-8-3-9-21-45;1-3-9-26(10-4-1)27-15-20-30(21-16-27)37-31-22-17-28(18-23-31)29-19-24-34-33-13-7-8-14-35(33)38(36(34)25-29)32-11-5-2-6-12-32;23-19-12-6-11-17-20-16-10-5-4-9-15(16)13-18(22(20)24-21(17)19)14-7-2-1-3-8-14/h1-38H;1-25,37H;1-13H. The summed E-state index contributed by atoms with van der Waals surface area (Å²) in [5.74, 6) is 0. The van der Waals surface area contributed by atoms with Crippen LogP contribution in [0.15, 0.2) is 470 Å². The minimum absolute atomic E-state index is 0.850. The van der Waals surface area contributed by atoms with E-state index >= 15 is 0 Å². The fourth-order valence-electron chi connectivity index (χ4n) is 18.1. The third-order valence-electron chi connectivity index (χ3n) is 23.9. The monoisotopic (exact) mass is 1680 g/mol. The molecule has 0 unspecified atom stereocenters. The Labute approximate surface area is 725 Å². The summed E-state index contributed by atoms with van der Waals surface area (Å²) < 4.78 is 19.4. The molecule has 6 nitrogen and oxygen atoms in total. The van der Waals surface area contributed by atoms with E-state index in [9.17, 15) is 0 Å². The molecular weight excluding hydrogens is 1610 g/mol. The Kier molecular flexibility index (Phi) is 19.2. The van der Waals surface area contributed by atoms with Crippen LogP contribution in [0.3, 0.4) is 0 Å². The molecular formula is C116H77IN4O2. The van der Waals surface area contributed by atoms with Gasteiger partial charge in [0, 0.05) is 88.3 Å². The molecule has 0 aliphatic rings. The first kappa shape index (κ1) is 73.8. The Hall–Kier alpha value is -15.6. The zero-order chi connectivity index (χ0) is 81.7. The minimum atomic E-state index is 0.850. The van der Waals surface area contributed by atoms with Crippen LogP contribution in [0.1, 0.15) is 0 Å². The number of para-hydroxylation sites is 6. The summed E-state index contributed by atoms with van der Waals surface area (Å²) in [4.78, 5) is 2.34. The van der Waals surface area contributed by atoms with Gasteiger partial charge in [0.2, 0.25) is 0 Å². The third-order valence-corrected chi connectivity index (χ3v) is 24.7. The number of hydrogen-bond acceptors (Lipinski definition) is 4. The van der Waals surface area contributed by atoms with Gasteiger partial charge in [0.15, 0.2) is 5.58 Å². The van der Waals surface area contributed by atoms with Crippen LogP contribution in [0.25, 0.3) is 187 Å². The number of rotatable bonds is 13. The Morgan fingerprint density at radius 3 is 1.07 bits per heavy atom. The van der Waals surface area contributed by atoms with Gasteiger partial charge >= 0.3 is 0 Å². The maximum atomic E-state index is 7.15. The molecule has 0 atom stereocenters. The fraction of sp³-hybridized carbons (Fsp3) is 0. The maximum absolute atomic E-state index is 7.15. The third kappa shape index (κ3) is 13.8. The number of benzene rings is 20. The molecule has 123 heavy (non-hydrogen) atoms. The lowest BCUT2D eigenvalue weighted by Gasteiger charge is -2.26. The molecule has 0 aliphatic heterocycles. The molecule has 24 aromatic rings. The van der Waals surface area contributed by atoms with Crippen molar-refractivity contribution >= 4 is 160 Å². The largest absolute Gasteiger partial charge is 0.454 e. The quantitative estimate of drug-likeness (QED) is 0.117. The second-order valence-corrected chi connectivity index (χ2v) is 32.3. The molecule has 0 spiro atoms. The Bertz CT molecular complexity index is 8030. The summed E-state index contributed by atoms with van der Waals surface area (Å²) in [7, 11) is 0. The lowest BCUT2D eigenvalue weighted by Crippen LogP contribution is -2.10. The van der Waals surface area contributed by atoms with Crippen molar-refractivity contribution in [1.29, 1.82) is 0 Å². The summed E-state index contributed by atoms with van der Waals surface area (Å²) in [5.41, 5.74) is 30.2. The number of fused-ring (bicyclic) bond motifs is 16. The molecule has 4 aromatic heterocycles. The highest BCUT2D eigenvalue weighted by molar-refractivity contribution is 14.1. The van der Waals surface area contributed by atoms with E-state index in [1.165, 1.54) is 126 Å². The van der Waals surface area contributed by atoms with Crippen LogP contribution in [-0.2, 0) is 0 Å². The normalized spacial score (nSPS) is 11.5. The first-order chi connectivity index (χ1) is 60.9. The van der Waals surface area contributed by atoms with Crippen LogP contribution in [0.2, 0.25) is 0 Å². The topological polar surface area (TPSA) is 51.4 Å². The zero-order valence-corrected chi connectivity index (χ0v) is 69.1. The molecule has 0 bridgehead atoms. The zero-order valence-electron chi connectivity index (χ0n) is 66.9. The van der Waals surface area contributed by atoms with Gasteiger partial charge < -0.3 is 28.2 Å². The molecule has 24 rings (SSSR count). The van der Waals surface area contributed by atoms with E-state index in [1.807, 2.05) is 12.1 Å². The number of hydrogen-bond donors (Lipinski definition) is 1. The molecule has 0 saturated heterocycles. The Balaban J connectivity index is 0.000000123. The molecule has 580 valence electrons. The molecule has 0 saturated carbocycles. The van der Waals surface area contributed by atoms with Crippen molar-refractivity contribution in [2.24, 2.45) is 0 Å². The van der Waals surface area contributed by atoms with Gasteiger partial charge in [-0.2, -0.15) is 0 Å². The van der Waals surface area contributed by atoms with E-state index < -0.39 is 0 Å². The van der Waals surface area contributed by atoms with Crippen LogP contribution >= 0.6 is 22.6 Å². The molecule has 20 aromatic carbocycles. The van der Waals surface area contributed by atoms with Crippen molar-refractivity contribution < 1.29 is 8.83 Å². The highest BCUT2D eigenvalue weighted by Crippen LogP contribution is 2.49. The predicted octanol–water partition coefficient (Wildman–Crippen LogP) is 33.2. The number of nitrogens with zero attached hydrogens (tertiary/aromatic N) is 3. The molecule has 0 radical (unpaired) electrons. The second-order valence-electron chi connectivity index (χ2n) is 31.2. The summed E-state index contributed by atoms with van der Waals surface area (Å²) in [5, 5.41) is 18.0. The fourth-order valence-corrected chi connectivity index (χ4v) is 18.7. The Morgan fingerprint density at radius 2 is 0.561 bits per heavy atom. The molecule has 1 N–H and O–H groups in total. The average molecular weight is 1690 g/mol. The van der Waals surface area contributed by atoms with E-state index in [1.54, 1.807) is 0 Å². The van der Waals surface area contributed by atoms with Gasteiger partial charge in [0.25, 0.3) is 0 Å². The van der Waals surface area contributed by atoms with E-state index in [4.69, 9.17) is 8.83 Å². The first-order valence-corrected chi connectivity index (χ1v) is 42.8. The summed E-state index contributed by atoms with van der Waals surface area (Å²) >= 11 is 2.35. The van der Waals surface area contributed by atoms with E-state index in [0.29, 0.717) is 0 Å². The SMILES string of the molecule is Ic1cccc2c1oc1c(-c3ccccc3)cc3ccccc3c12.c1ccc(-c2ccc(N(c3ccc(-c4ccc5c(c4)c4ccccc4n5-c4ccccc4)cc3)c3cccc4c3oc3c(-c5ccccc5)cc5ccccc5c34)cc2)cc1.c1ccc(-c2ccc(Nc3ccc(-c4ccc5c6ccccc6n(-c6ccccc6)c5c4)cc3)cc2)cc1. The van der Waals surface area contributed by atoms with Crippen molar-refractivity contribution in [1.82, 2.24) is 9.13 Å². The number of halogens is 1. The van der Waals surface area contributed by atoms with Gasteiger partial charge in [-0.05, 0) is 227 Å². The van der Waals surface area contributed by atoms with Gasteiger partial charge in [-0.15, -0.1) is 0 Å². The van der Waals surface area contributed by atoms with Gasteiger partial charge in [0.1, 0.15) is 16.7 Å². The van der Waals surface area contributed by atoms with Crippen molar-refractivity contribution in [3.05, 3.63) is 465 Å². The van der Waals surface area contributed by atoms with Crippen LogP contribution in [0.5, 0.6) is 0 Å². The number of anilines is 5. The summed E-state index contributed by atoms with van der Waals surface area (Å²) in [6, 6.07) is 164. The minimum Gasteiger partial charge on any atom is -0.454 e. The summed E-state index contributed by atoms with van der Waals surface area (Å²) in [6.45, 7) is 0. The number of nitrogens with one attached hydrogen (secondary N) is 1. The number of furan rings is 2. The number of aromatic nitrogens is 2. The molecule has 0 amide bonds. The van der Waals surface area contributed by atoms with E-state index in [-0.39, 0.29) is 0 Å². The predicted molar refractivity (Wildman–Crippen MR) is 527 cm³/mol. The molecule has 0 fully saturated rings. The van der Waals surface area contributed by atoms with Gasteiger partial charge in [-0.25, -0.2) is 0 Å². The van der Waals surface area contributed by atoms with Gasteiger partial charge in [-0.1, -0.05) is 334 Å². The average Bonchev–Trinajstić information content (AvgIpc) is 1.56. The molecule has 4 heterocycles. The van der Waals surface area contributed by atoms with Crippen molar-refractivity contribution in [3.8, 4) is 78.1 Å². The van der Waals surface area contributed by atoms with E-state index in [0.717, 1.165) is 93.1 Å². The van der Waals surface area contributed by atoms with Crippen LogP contribution < -0.4 is 10.2 Å². The Morgan fingerprint density at radius 1 is 0.220 bits per heavy atom. The van der Waals surface area contributed by atoms with Crippen LogP contribution in [-0.4, -0.2) is 9.13 Å². The van der Waals surface area contributed by atoms with Crippen LogP contribution in [0, 0.1) is 3.57 Å². The highest BCUT2D eigenvalue weighted by atomic mass is 127. The maximum Gasteiger partial charge on any atom is 0.159 e. The summed E-state index contributed by atoms with van der Waals surface area (Å²) in [6.07, 6.45) is 0. The lowest BCUT2D eigenvalue weighted by atomic mass is 9.96. The molecule has 7 heteroatoms. The first-order valence-electron chi connectivity index (χ1n) is 41.7. The van der Waals surface area contributed by atoms with E-state index in [2.05, 4.69) is 491 Å². The van der Waals surface area contributed by atoms with Crippen molar-refractivity contribution in [2.75, 3.05) is 10.2 Å². The van der Waals surface area contributed by atoms with Crippen molar-refractivity contribution in [2.45, 2.75) is 0 Å². The van der Waals surface area contributed by atoms with Gasteiger partial charge in [-0.3, -0.25) is 0 Å². The smallest absolute Gasteiger partial charge is 0.159 e. The van der Waals surface area contributed by atoms with Crippen LogP contribution in [0.4, 0.5) is 28.4 Å². The van der Waals surface area contributed by atoms with Crippen molar-refractivity contribution in [3.63, 3.8) is 0 Å². The second kappa shape index (κ2) is 32.0.